The van der Waals surface area contributed by atoms with Crippen molar-refractivity contribution in [3.8, 4) is 0 Å². The fourth-order valence-electron chi connectivity index (χ4n) is 2.29. The lowest BCUT2D eigenvalue weighted by atomic mass is 10.1. The van der Waals surface area contributed by atoms with Crippen LogP contribution >= 0.6 is 23.2 Å². The van der Waals surface area contributed by atoms with E-state index in [-0.39, 0.29) is 15.3 Å². The Hall–Kier alpha value is -0.330. The van der Waals surface area contributed by atoms with Crippen LogP contribution in [0.5, 0.6) is 0 Å². The Kier molecular flexibility index (Phi) is 5.21. The van der Waals surface area contributed by atoms with Crippen LogP contribution < -0.4 is 10.0 Å². The number of hydrogen-bond donors (Lipinski definition) is 2. The van der Waals surface area contributed by atoms with Gasteiger partial charge in [-0.2, -0.15) is 0 Å². The lowest BCUT2D eigenvalue weighted by Crippen LogP contribution is -2.30. The molecular formula is C14H20Cl2N2O2S. The summed E-state index contributed by atoms with van der Waals surface area (Å²) in [5.74, 6) is 0. The number of rotatable bonds is 7. The van der Waals surface area contributed by atoms with Crippen molar-refractivity contribution >= 4 is 33.2 Å². The van der Waals surface area contributed by atoms with Crippen molar-refractivity contribution in [1.29, 1.82) is 0 Å². The molecule has 1 aliphatic carbocycles. The van der Waals surface area contributed by atoms with E-state index in [1.165, 1.54) is 6.07 Å². The standard InChI is InChI=1S/C14H20Cl2N2O2S/c1-3-14(4-5-14)9-18-21(19,20)12-7-11(15)6-10(8-17-2)13(12)16/h6-7,17-18H,3-5,8-9H2,1-2H3. The van der Waals surface area contributed by atoms with Crippen molar-refractivity contribution in [2.75, 3.05) is 13.6 Å². The molecule has 2 N–H and O–H groups in total. The van der Waals surface area contributed by atoms with Gasteiger partial charge in [-0.1, -0.05) is 30.1 Å². The summed E-state index contributed by atoms with van der Waals surface area (Å²) in [5, 5.41) is 3.54. The van der Waals surface area contributed by atoms with E-state index >= 15 is 0 Å². The highest BCUT2D eigenvalue weighted by Crippen LogP contribution is 2.48. The van der Waals surface area contributed by atoms with Gasteiger partial charge in [0.2, 0.25) is 10.0 Å². The molecule has 0 atom stereocenters. The summed E-state index contributed by atoms with van der Waals surface area (Å²) in [5.41, 5.74) is 0.801. The first kappa shape index (κ1) is 17.0. The molecule has 0 spiro atoms. The van der Waals surface area contributed by atoms with Gasteiger partial charge in [-0.3, -0.25) is 0 Å². The topological polar surface area (TPSA) is 58.2 Å². The first-order valence-electron chi connectivity index (χ1n) is 6.96. The molecule has 0 aliphatic heterocycles. The third-order valence-corrected chi connectivity index (χ3v) is 6.28. The van der Waals surface area contributed by atoms with Gasteiger partial charge in [-0.15, -0.1) is 0 Å². The molecule has 0 saturated heterocycles. The fourth-order valence-corrected chi connectivity index (χ4v) is 4.38. The zero-order valence-electron chi connectivity index (χ0n) is 12.2. The number of benzene rings is 1. The average molecular weight is 351 g/mol. The van der Waals surface area contributed by atoms with E-state index in [1.807, 2.05) is 0 Å². The van der Waals surface area contributed by atoms with Gasteiger partial charge in [0.1, 0.15) is 4.90 Å². The Morgan fingerprint density at radius 1 is 1.29 bits per heavy atom. The van der Waals surface area contributed by atoms with E-state index in [9.17, 15) is 8.42 Å². The molecule has 1 fully saturated rings. The maximum Gasteiger partial charge on any atom is 0.242 e. The van der Waals surface area contributed by atoms with Gasteiger partial charge in [0.15, 0.2) is 0 Å². The van der Waals surface area contributed by atoms with Gasteiger partial charge >= 0.3 is 0 Å². The molecule has 1 aromatic carbocycles. The zero-order valence-corrected chi connectivity index (χ0v) is 14.5. The van der Waals surface area contributed by atoms with Gasteiger partial charge in [0.25, 0.3) is 0 Å². The molecule has 1 saturated carbocycles. The maximum absolute atomic E-state index is 12.5. The van der Waals surface area contributed by atoms with Gasteiger partial charge in [-0.25, -0.2) is 13.1 Å². The van der Waals surface area contributed by atoms with Gasteiger partial charge in [-0.05, 0) is 49.4 Å². The number of hydrogen-bond acceptors (Lipinski definition) is 3. The SMILES string of the molecule is CCC1(CNS(=O)(=O)c2cc(Cl)cc(CNC)c2Cl)CC1. The molecule has 21 heavy (non-hydrogen) atoms. The highest BCUT2D eigenvalue weighted by molar-refractivity contribution is 7.89. The molecule has 4 nitrogen and oxygen atoms in total. The molecule has 0 heterocycles. The van der Waals surface area contributed by atoms with Crippen LogP contribution in [0.1, 0.15) is 31.7 Å². The first-order valence-corrected chi connectivity index (χ1v) is 9.20. The molecule has 1 aromatic rings. The molecule has 7 heteroatoms. The highest BCUT2D eigenvalue weighted by Gasteiger charge is 2.41. The van der Waals surface area contributed by atoms with Gasteiger partial charge in [0.05, 0.1) is 5.02 Å². The van der Waals surface area contributed by atoms with Crippen LogP contribution in [0.25, 0.3) is 0 Å². The molecule has 0 aromatic heterocycles. The van der Waals surface area contributed by atoms with Crippen LogP contribution in [0.4, 0.5) is 0 Å². The quantitative estimate of drug-likeness (QED) is 0.793. The van der Waals surface area contributed by atoms with E-state index in [0.717, 1.165) is 19.3 Å². The smallest absolute Gasteiger partial charge is 0.242 e. The molecule has 0 unspecified atom stereocenters. The zero-order chi connectivity index (χ0) is 15.7. The Bertz CT molecular complexity index is 628. The lowest BCUT2D eigenvalue weighted by molar-refractivity contribution is 0.475. The van der Waals surface area contributed by atoms with E-state index in [4.69, 9.17) is 23.2 Å². The van der Waals surface area contributed by atoms with Gasteiger partial charge < -0.3 is 5.32 Å². The maximum atomic E-state index is 12.5. The number of halogens is 2. The van der Waals surface area contributed by atoms with Crippen molar-refractivity contribution in [2.45, 2.75) is 37.6 Å². The molecule has 0 radical (unpaired) electrons. The lowest BCUT2D eigenvalue weighted by Gasteiger charge is -2.16. The van der Waals surface area contributed by atoms with Crippen LogP contribution in [-0.2, 0) is 16.6 Å². The van der Waals surface area contributed by atoms with Crippen LogP contribution in [0, 0.1) is 5.41 Å². The van der Waals surface area contributed by atoms with Crippen LogP contribution in [0.3, 0.4) is 0 Å². The minimum absolute atomic E-state index is 0.0498. The summed E-state index contributed by atoms with van der Waals surface area (Å²) in [7, 11) is -1.89. The van der Waals surface area contributed by atoms with E-state index in [2.05, 4.69) is 17.0 Å². The first-order chi connectivity index (χ1) is 9.83. The summed E-state index contributed by atoms with van der Waals surface area (Å²) >= 11 is 12.2. The molecule has 0 amide bonds. The third-order valence-electron chi connectivity index (χ3n) is 4.08. The largest absolute Gasteiger partial charge is 0.316 e. The second kappa shape index (κ2) is 6.42. The molecule has 0 bridgehead atoms. The van der Waals surface area contributed by atoms with Crippen LogP contribution in [0.2, 0.25) is 10.0 Å². The van der Waals surface area contributed by atoms with Crippen molar-refractivity contribution in [3.63, 3.8) is 0 Å². The minimum Gasteiger partial charge on any atom is -0.316 e. The predicted octanol–water partition coefficient (Wildman–Crippen LogP) is 3.18. The fraction of sp³-hybridized carbons (Fsp3) is 0.571. The van der Waals surface area contributed by atoms with Crippen molar-refractivity contribution < 1.29 is 8.42 Å². The summed E-state index contributed by atoms with van der Waals surface area (Å²) in [6, 6.07) is 3.07. The second-order valence-corrected chi connectivity index (χ2v) is 8.14. The third kappa shape index (κ3) is 3.90. The average Bonchev–Trinajstić information content (AvgIpc) is 3.21. The normalized spacial score (nSPS) is 17.0. The van der Waals surface area contributed by atoms with E-state index < -0.39 is 10.0 Å². The molecule has 1 aliphatic rings. The Morgan fingerprint density at radius 2 is 1.95 bits per heavy atom. The number of nitrogens with one attached hydrogen (secondary N) is 2. The Labute approximate surface area is 136 Å². The van der Waals surface area contributed by atoms with Crippen molar-refractivity contribution in [2.24, 2.45) is 5.41 Å². The van der Waals surface area contributed by atoms with Crippen LogP contribution in [-0.4, -0.2) is 22.0 Å². The summed E-state index contributed by atoms with van der Waals surface area (Å²) < 4.78 is 27.6. The second-order valence-electron chi connectivity index (χ2n) is 5.59. The molecule has 118 valence electrons. The summed E-state index contributed by atoms with van der Waals surface area (Å²) in [6.45, 7) is 3.00. The molecular weight excluding hydrogens is 331 g/mol. The van der Waals surface area contributed by atoms with Gasteiger partial charge in [0, 0.05) is 18.1 Å². The number of sulfonamides is 1. The highest BCUT2D eigenvalue weighted by atomic mass is 35.5. The predicted molar refractivity (Wildman–Crippen MR) is 86.4 cm³/mol. The minimum atomic E-state index is -3.65. The summed E-state index contributed by atoms with van der Waals surface area (Å²) in [4.78, 5) is 0.0498. The van der Waals surface area contributed by atoms with E-state index in [0.29, 0.717) is 23.7 Å². The van der Waals surface area contributed by atoms with Crippen LogP contribution in [0.15, 0.2) is 17.0 Å². The van der Waals surface area contributed by atoms with E-state index in [1.54, 1.807) is 13.1 Å². The molecule has 2 rings (SSSR count). The van der Waals surface area contributed by atoms with Crippen molar-refractivity contribution in [3.05, 3.63) is 27.7 Å². The Balaban J connectivity index is 2.27. The monoisotopic (exact) mass is 350 g/mol. The van der Waals surface area contributed by atoms with Crippen molar-refractivity contribution in [1.82, 2.24) is 10.0 Å². The summed E-state index contributed by atoms with van der Waals surface area (Å²) in [6.07, 6.45) is 3.12. The Morgan fingerprint density at radius 3 is 2.48 bits per heavy atom.